The van der Waals surface area contributed by atoms with Crippen molar-refractivity contribution in [1.82, 2.24) is 0 Å². The van der Waals surface area contributed by atoms with E-state index in [4.69, 9.17) is 14.2 Å². The highest BCUT2D eigenvalue weighted by atomic mass is 16.5. The Morgan fingerprint density at radius 1 is 0.368 bits per heavy atom. The van der Waals surface area contributed by atoms with Gasteiger partial charge in [0.05, 0.1) is 13.2 Å². The summed E-state index contributed by atoms with van der Waals surface area (Å²) in [6.07, 6.45) is 12.8. The number of hydrogen-bond donors (Lipinski definition) is 0. The van der Waals surface area contributed by atoms with E-state index in [0.717, 1.165) is 146 Å². The number of methoxy groups -OCH3 is 1. The van der Waals surface area contributed by atoms with Crippen LogP contribution in [0.4, 0.5) is 0 Å². The molecule has 9 aromatic carbocycles. The molecule has 9 aromatic rings. The van der Waals surface area contributed by atoms with Crippen LogP contribution in [0, 0.1) is 40.9 Å². The van der Waals surface area contributed by atoms with Gasteiger partial charge in [0, 0.05) is 35.6 Å². The molecule has 0 spiro atoms. The summed E-state index contributed by atoms with van der Waals surface area (Å²) in [6, 6.07) is 66.8. The average Bonchev–Trinajstić information content (AvgIpc) is 0.795. The standard InChI is InChI=1S/C92H102O3/c1-15-20-24-30-68-44-74(72-36-27-33-67(43-72)34-28-40-93-14)52-76(46-68)77-48-70(37-38-91(8,9)10)49-78(54-77)82-56-83(60-88(59-82)92(11,12)13)80-50-73(65(6)7)51-81(55-80)85-58-87(64-90(62-85)95-41-23-18-4)86-57-84(61-89(63-86)94-39-19-5)79-47-69(31-25-21-16-2)45-75(53-79)71-35-26-32-66(42-71)29-22-17-3/h26-27,32-33,35-36,42-65H,15-23,25,29,31,39-41H2,1-14H3. The van der Waals surface area contributed by atoms with E-state index in [1.54, 1.807) is 7.11 Å². The fraction of sp³-hybridized carbons (Fsp3) is 0.348. The first kappa shape index (κ1) is 70.5. The Bertz CT molecular complexity index is 4290. The molecule has 0 aromatic heterocycles. The summed E-state index contributed by atoms with van der Waals surface area (Å²) < 4.78 is 18.7. The van der Waals surface area contributed by atoms with E-state index in [-0.39, 0.29) is 16.7 Å². The summed E-state index contributed by atoms with van der Waals surface area (Å²) in [5, 5.41) is 0. The van der Waals surface area contributed by atoms with E-state index in [2.05, 4.69) is 301 Å². The van der Waals surface area contributed by atoms with Crippen molar-refractivity contribution in [2.75, 3.05) is 26.9 Å². The van der Waals surface area contributed by atoms with Gasteiger partial charge in [-0.2, -0.15) is 0 Å². The SMILES string of the molecule is CCCC#Cc1cc(-c2cccc(C#CCOC)c2)cc(-c2cc(C#CC(C)(C)C)cc(-c3cc(-c4cc(-c5cc(OCCCC)cc(-c6cc(OCCC)cc(-c7cc(CCCCC)cc(-c8cccc(CCCC)c8)c7)c6)c5)cc(C(C)C)c4)cc(C(C)(C)C)c3)c2)c1. The van der Waals surface area contributed by atoms with Crippen LogP contribution in [0.15, 0.2) is 176 Å². The van der Waals surface area contributed by atoms with Gasteiger partial charge in [0.25, 0.3) is 0 Å². The zero-order valence-electron chi connectivity index (χ0n) is 59.7. The Morgan fingerprint density at radius 3 is 1.31 bits per heavy atom. The second-order valence-electron chi connectivity index (χ2n) is 28.2. The van der Waals surface area contributed by atoms with Gasteiger partial charge in [-0.25, -0.2) is 0 Å². The maximum absolute atomic E-state index is 6.76. The lowest BCUT2D eigenvalue weighted by Crippen LogP contribution is -2.11. The maximum atomic E-state index is 6.76. The largest absolute Gasteiger partial charge is 0.494 e. The molecule has 488 valence electrons. The zero-order chi connectivity index (χ0) is 67.5. The third-order valence-electron chi connectivity index (χ3n) is 17.3. The monoisotopic (exact) mass is 1250 g/mol. The first-order valence-electron chi connectivity index (χ1n) is 35.3. The molecular formula is C92H102O3. The quantitative estimate of drug-likeness (QED) is 0.0422. The summed E-state index contributed by atoms with van der Waals surface area (Å²) in [4.78, 5) is 0. The topological polar surface area (TPSA) is 27.7 Å². The van der Waals surface area contributed by atoms with Gasteiger partial charge in [-0.3, -0.25) is 0 Å². The molecule has 0 aliphatic heterocycles. The van der Waals surface area contributed by atoms with E-state index < -0.39 is 0 Å². The third kappa shape index (κ3) is 20.1. The van der Waals surface area contributed by atoms with Crippen LogP contribution in [0.5, 0.6) is 11.5 Å². The Kier molecular flexibility index (Phi) is 24.9. The normalized spacial score (nSPS) is 11.4. The highest BCUT2D eigenvalue weighted by Crippen LogP contribution is 2.42. The molecule has 3 heteroatoms. The molecule has 0 radical (unpaired) electrons. The van der Waals surface area contributed by atoms with Crippen LogP contribution in [-0.2, 0) is 23.0 Å². The van der Waals surface area contributed by atoms with Gasteiger partial charge >= 0.3 is 0 Å². The van der Waals surface area contributed by atoms with E-state index in [1.807, 2.05) is 0 Å². The van der Waals surface area contributed by atoms with Crippen LogP contribution in [0.3, 0.4) is 0 Å². The minimum absolute atomic E-state index is 0.164. The Hall–Kier alpha value is -8.78. The highest BCUT2D eigenvalue weighted by molar-refractivity contribution is 5.86. The van der Waals surface area contributed by atoms with Crippen molar-refractivity contribution in [2.24, 2.45) is 5.41 Å². The Balaban J connectivity index is 1.21. The van der Waals surface area contributed by atoms with E-state index in [9.17, 15) is 0 Å². The summed E-state index contributed by atoms with van der Waals surface area (Å²) in [6.45, 7) is 30.9. The molecule has 0 atom stereocenters. The molecule has 0 heterocycles. The molecule has 0 aliphatic rings. The molecule has 95 heavy (non-hydrogen) atoms. The van der Waals surface area contributed by atoms with Crippen LogP contribution in [0.25, 0.3) is 89.0 Å². The number of rotatable bonds is 25. The van der Waals surface area contributed by atoms with Gasteiger partial charge in [0.15, 0.2) is 0 Å². The first-order chi connectivity index (χ1) is 45.8. The van der Waals surface area contributed by atoms with Crippen molar-refractivity contribution in [3.63, 3.8) is 0 Å². The molecular weight excluding hydrogens is 1150 g/mol. The van der Waals surface area contributed by atoms with Crippen LogP contribution in [0.1, 0.15) is 199 Å². The van der Waals surface area contributed by atoms with Crippen molar-refractivity contribution < 1.29 is 14.2 Å². The van der Waals surface area contributed by atoms with Crippen LogP contribution >= 0.6 is 0 Å². The number of ether oxygens (including phenoxy) is 3. The predicted molar refractivity (Wildman–Crippen MR) is 408 cm³/mol. The molecule has 0 unspecified atom stereocenters. The number of aryl methyl sites for hydroxylation is 2. The second-order valence-corrected chi connectivity index (χ2v) is 28.2. The molecule has 0 amide bonds. The van der Waals surface area contributed by atoms with Gasteiger partial charge in [-0.15, -0.1) is 0 Å². The lowest BCUT2D eigenvalue weighted by atomic mass is 9.82. The summed E-state index contributed by atoms with van der Waals surface area (Å²) in [5.74, 6) is 22.6. The van der Waals surface area contributed by atoms with Gasteiger partial charge in [0.1, 0.15) is 18.1 Å². The lowest BCUT2D eigenvalue weighted by molar-refractivity contribution is 0.240. The molecule has 0 fully saturated rings. The minimum Gasteiger partial charge on any atom is -0.494 e. The number of benzene rings is 9. The summed E-state index contributed by atoms with van der Waals surface area (Å²) in [5.41, 5.74) is 26.1. The molecule has 0 aliphatic carbocycles. The second kappa shape index (κ2) is 33.6. The van der Waals surface area contributed by atoms with E-state index in [0.29, 0.717) is 19.8 Å². The molecule has 0 N–H and O–H groups in total. The summed E-state index contributed by atoms with van der Waals surface area (Å²) >= 11 is 0. The molecule has 3 nitrogen and oxygen atoms in total. The van der Waals surface area contributed by atoms with Crippen molar-refractivity contribution >= 4 is 0 Å². The Morgan fingerprint density at radius 2 is 0.800 bits per heavy atom. The number of hydrogen-bond acceptors (Lipinski definition) is 3. The van der Waals surface area contributed by atoms with Crippen molar-refractivity contribution in [3.05, 3.63) is 215 Å². The van der Waals surface area contributed by atoms with Gasteiger partial charge in [-0.1, -0.05) is 203 Å². The minimum atomic E-state index is -0.197. The van der Waals surface area contributed by atoms with Crippen molar-refractivity contribution in [1.29, 1.82) is 0 Å². The van der Waals surface area contributed by atoms with Gasteiger partial charge < -0.3 is 14.2 Å². The van der Waals surface area contributed by atoms with Gasteiger partial charge in [-0.05, 0) is 291 Å². The van der Waals surface area contributed by atoms with Crippen molar-refractivity contribution in [3.8, 4) is 136 Å². The van der Waals surface area contributed by atoms with E-state index in [1.165, 1.54) is 70.2 Å². The maximum Gasteiger partial charge on any atom is 0.120 e. The van der Waals surface area contributed by atoms with Crippen LogP contribution in [-0.4, -0.2) is 26.9 Å². The summed E-state index contributed by atoms with van der Waals surface area (Å²) in [7, 11) is 1.67. The zero-order valence-corrected chi connectivity index (χ0v) is 59.7. The fourth-order valence-electron chi connectivity index (χ4n) is 11.9. The van der Waals surface area contributed by atoms with Gasteiger partial charge in [0.2, 0.25) is 0 Å². The predicted octanol–water partition coefficient (Wildman–Crippen LogP) is 25.0. The smallest absolute Gasteiger partial charge is 0.120 e. The van der Waals surface area contributed by atoms with Crippen molar-refractivity contribution in [2.45, 2.75) is 178 Å². The molecule has 0 bridgehead atoms. The number of unbranched alkanes of at least 4 members (excludes halogenated alkanes) is 5. The van der Waals surface area contributed by atoms with Crippen LogP contribution < -0.4 is 9.47 Å². The highest BCUT2D eigenvalue weighted by Gasteiger charge is 2.21. The van der Waals surface area contributed by atoms with Crippen LogP contribution in [0.2, 0.25) is 0 Å². The first-order valence-corrected chi connectivity index (χ1v) is 35.3. The average molecular weight is 1260 g/mol. The van der Waals surface area contributed by atoms with E-state index >= 15 is 0 Å². The molecule has 0 saturated carbocycles. The third-order valence-corrected chi connectivity index (χ3v) is 17.3. The Labute approximate surface area is 572 Å². The fourth-order valence-corrected chi connectivity index (χ4v) is 11.9. The lowest BCUT2D eigenvalue weighted by Gasteiger charge is -2.23. The molecule has 0 saturated heterocycles. The molecule has 9 rings (SSSR count).